The van der Waals surface area contributed by atoms with Crippen molar-refractivity contribution in [2.75, 3.05) is 13.1 Å². The molecule has 3 nitrogen and oxygen atoms in total. The number of hydrogen-bond acceptors (Lipinski definition) is 2. The van der Waals surface area contributed by atoms with Crippen LogP contribution in [0.5, 0.6) is 0 Å². The molecule has 1 saturated heterocycles. The number of nitrogens with two attached hydrogens (primary N) is 1. The van der Waals surface area contributed by atoms with E-state index in [1.165, 1.54) is 17.5 Å². The van der Waals surface area contributed by atoms with Crippen LogP contribution >= 0.6 is 0 Å². The van der Waals surface area contributed by atoms with Gasteiger partial charge < -0.3 is 10.6 Å². The molecule has 90 valence electrons. The van der Waals surface area contributed by atoms with Crippen molar-refractivity contribution in [2.45, 2.75) is 31.7 Å². The predicted molar refractivity (Wildman–Crippen MR) is 67.0 cm³/mol. The summed E-state index contributed by atoms with van der Waals surface area (Å²) in [7, 11) is 0. The molecule has 0 unspecified atom stereocenters. The fourth-order valence-corrected chi connectivity index (χ4v) is 2.86. The van der Waals surface area contributed by atoms with Crippen LogP contribution in [0.4, 0.5) is 0 Å². The first-order valence-corrected chi connectivity index (χ1v) is 6.25. The molecule has 1 heterocycles. The number of nitrogens with zero attached hydrogens (tertiary/aromatic N) is 1. The number of fused-ring (bicyclic) bond motifs is 1. The Balaban J connectivity index is 1.79. The highest BCUT2D eigenvalue weighted by Crippen LogP contribution is 2.25. The molecule has 1 fully saturated rings. The minimum absolute atomic E-state index is 0.127. The van der Waals surface area contributed by atoms with Gasteiger partial charge in [0, 0.05) is 24.2 Å². The van der Waals surface area contributed by atoms with Crippen molar-refractivity contribution in [2.24, 2.45) is 5.73 Å². The second kappa shape index (κ2) is 3.57. The molecule has 1 aromatic carbocycles. The van der Waals surface area contributed by atoms with Crippen LogP contribution in [-0.2, 0) is 12.8 Å². The van der Waals surface area contributed by atoms with Gasteiger partial charge in [0.2, 0.25) is 0 Å². The summed E-state index contributed by atoms with van der Waals surface area (Å²) >= 11 is 0. The average molecular weight is 230 g/mol. The minimum Gasteiger partial charge on any atom is -0.335 e. The van der Waals surface area contributed by atoms with Crippen molar-refractivity contribution in [3.63, 3.8) is 0 Å². The molecular weight excluding hydrogens is 212 g/mol. The first kappa shape index (κ1) is 10.8. The summed E-state index contributed by atoms with van der Waals surface area (Å²) < 4.78 is 0. The zero-order valence-electron chi connectivity index (χ0n) is 10.2. The zero-order chi connectivity index (χ0) is 12.0. The van der Waals surface area contributed by atoms with Crippen molar-refractivity contribution in [1.82, 2.24) is 4.90 Å². The summed E-state index contributed by atoms with van der Waals surface area (Å²) in [5, 5.41) is 0. The lowest BCUT2D eigenvalue weighted by molar-refractivity contribution is 0.0453. The van der Waals surface area contributed by atoms with E-state index >= 15 is 0 Å². The second-order valence-corrected chi connectivity index (χ2v) is 5.65. The highest BCUT2D eigenvalue weighted by molar-refractivity contribution is 5.95. The number of benzene rings is 1. The van der Waals surface area contributed by atoms with E-state index in [4.69, 9.17) is 5.73 Å². The smallest absolute Gasteiger partial charge is 0.253 e. The maximum absolute atomic E-state index is 12.2. The van der Waals surface area contributed by atoms with Crippen LogP contribution in [0.3, 0.4) is 0 Å². The molecule has 1 amide bonds. The Kier molecular flexibility index (Phi) is 2.26. The van der Waals surface area contributed by atoms with Crippen LogP contribution in [0.25, 0.3) is 0 Å². The van der Waals surface area contributed by atoms with E-state index in [0.717, 1.165) is 18.4 Å². The molecule has 0 spiro atoms. The van der Waals surface area contributed by atoms with E-state index in [2.05, 4.69) is 12.1 Å². The van der Waals surface area contributed by atoms with Crippen molar-refractivity contribution in [1.29, 1.82) is 0 Å². The third kappa shape index (κ3) is 1.84. The highest BCUT2D eigenvalue weighted by atomic mass is 16.2. The fourth-order valence-electron chi connectivity index (χ4n) is 2.86. The molecular formula is C14H18N2O. The highest BCUT2D eigenvalue weighted by Gasteiger charge is 2.38. The van der Waals surface area contributed by atoms with Gasteiger partial charge in [-0.1, -0.05) is 6.07 Å². The molecule has 0 bridgehead atoms. The number of likely N-dealkylation sites (tertiary alicyclic amines) is 1. The quantitative estimate of drug-likeness (QED) is 0.791. The average Bonchev–Trinajstić information content (AvgIpc) is 2.71. The molecule has 1 aromatic rings. The molecule has 0 aromatic heterocycles. The number of carbonyl (C=O) groups is 1. The predicted octanol–water partition coefficient (Wildman–Crippen LogP) is 1.35. The lowest BCUT2D eigenvalue weighted by atomic mass is 9.92. The van der Waals surface area contributed by atoms with Crippen molar-refractivity contribution < 1.29 is 4.79 Å². The van der Waals surface area contributed by atoms with E-state index in [-0.39, 0.29) is 11.4 Å². The first-order chi connectivity index (χ1) is 8.05. The summed E-state index contributed by atoms with van der Waals surface area (Å²) in [5.41, 5.74) is 9.32. The van der Waals surface area contributed by atoms with E-state index in [1.807, 2.05) is 17.9 Å². The molecule has 3 heteroatoms. The Bertz CT molecular complexity index is 471. The molecule has 1 aliphatic heterocycles. The van der Waals surface area contributed by atoms with Gasteiger partial charge in [0.15, 0.2) is 0 Å². The van der Waals surface area contributed by atoms with Gasteiger partial charge >= 0.3 is 0 Å². The minimum atomic E-state index is -0.188. The first-order valence-electron chi connectivity index (χ1n) is 6.25. The standard InChI is InChI=1S/C14H18N2O/c1-14(15)8-16(9-14)13(17)12-6-5-10-3-2-4-11(10)7-12/h5-7H,2-4,8-9,15H2,1H3. The molecule has 1 aliphatic carbocycles. The fraction of sp³-hybridized carbons (Fsp3) is 0.500. The van der Waals surface area contributed by atoms with Gasteiger partial charge in [-0.05, 0) is 49.4 Å². The normalized spacial score (nSPS) is 20.9. The molecule has 17 heavy (non-hydrogen) atoms. The van der Waals surface area contributed by atoms with Crippen LogP contribution in [0.15, 0.2) is 18.2 Å². The summed E-state index contributed by atoms with van der Waals surface area (Å²) in [6.45, 7) is 3.32. The SMILES string of the molecule is CC1(N)CN(C(=O)c2ccc3c(c2)CCC3)C1. The van der Waals surface area contributed by atoms with Gasteiger partial charge in [0.1, 0.15) is 0 Å². The van der Waals surface area contributed by atoms with Crippen LogP contribution in [0.1, 0.15) is 34.8 Å². The van der Waals surface area contributed by atoms with Crippen LogP contribution < -0.4 is 5.73 Å². The third-order valence-electron chi connectivity index (χ3n) is 3.74. The Morgan fingerprint density at radius 1 is 1.29 bits per heavy atom. The Hall–Kier alpha value is -1.35. The molecule has 3 rings (SSSR count). The lowest BCUT2D eigenvalue weighted by Gasteiger charge is -2.45. The molecule has 0 radical (unpaired) electrons. The molecule has 0 atom stereocenters. The Labute approximate surface area is 102 Å². The van der Waals surface area contributed by atoms with Crippen molar-refractivity contribution in [3.8, 4) is 0 Å². The van der Waals surface area contributed by atoms with Gasteiger partial charge in [-0.25, -0.2) is 0 Å². The summed E-state index contributed by atoms with van der Waals surface area (Å²) in [6.07, 6.45) is 3.50. The monoisotopic (exact) mass is 230 g/mol. The van der Waals surface area contributed by atoms with Crippen molar-refractivity contribution >= 4 is 5.91 Å². The van der Waals surface area contributed by atoms with Crippen LogP contribution in [-0.4, -0.2) is 29.4 Å². The number of rotatable bonds is 1. The van der Waals surface area contributed by atoms with Gasteiger partial charge in [-0.3, -0.25) is 4.79 Å². The number of aryl methyl sites for hydroxylation is 2. The van der Waals surface area contributed by atoms with Gasteiger partial charge in [-0.15, -0.1) is 0 Å². The summed E-state index contributed by atoms with van der Waals surface area (Å²) in [6, 6.07) is 6.13. The Morgan fingerprint density at radius 3 is 2.71 bits per heavy atom. The summed E-state index contributed by atoms with van der Waals surface area (Å²) in [5.74, 6) is 0.127. The van der Waals surface area contributed by atoms with Crippen LogP contribution in [0.2, 0.25) is 0 Å². The van der Waals surface area contributed by atoms with Gasteiger partial charge in [0.05, 0.1) is 0 Å². The summed E-state index contributed by atoms with van der Waals surface area (Å²) in [4.78, 5) is 14.0. The van der Waals surface area contributed by atoms with E-state index in [1.54, 1.807) is 0 Å². The lowest BCUT2D eigenvalue weighted by Crippen LogP contribution is -2.66. The van der Waals surface area contributed by atoms with Crippen molar-refractivity contribution in [3.05, 3.63) is 34.9 Å². The maximum Gasteiger partial charge on any atom is 0.253 e. The number of amides is 1. The second-order valence-electron chi connectivity index (χ2n) is 5.65. The van der Waals surface area contributed by atoms with E-state index < -0.39 is 0 Å². The zero-order valence-corrected chi connectivity index (χ0v) is 10.2. The molecule has 2 aliphatic rings. The van der Waals surface area contributed by atoms with Gasteiger partial charge in [0.25, 0.3) is 5.91 Å². The van der Waals surface area contributed by atoms with E-state index in [0.29, 0.717) is 13.1 Å². The topological polar surface area (TPSA) is 46.3 Å². The largest absolute Gasteiger partial charge is 0.335 e. The maximum atomic E-state index is 12.2. The number of hydrogen-bond donors (Lipinski definition) is 1. The Morgan fingerprint density at radius 2 is 2.00 bits per heavy atom. The molecule has 0 saturated carbocycles. The van der Waals surface area contributed by atoms with Gasteiger partial charge in [-0.2, -0.15) is 0 Å². The van der Waals surface area contributed by atoms with Crippen LogP contribution in [0, 0.1) is 0 Å². The molecule has 2 N–H and O–H groups in total. The third-order valence-corrected chi connectivity index (χ3v) is 3.74. The number of carbonyl (C=O) groups excluding carboxylic acids is 1. The van der Waals surface area contributed by atoms with E-state index in [9.17, 15) is 4.79 Å².